The van der Waals surface area contributed by atoms with Gasteiger partial charge < -0.3 is 9.84 Å². The molecule has 0 amide bonds. The van der Waals surface area contributed by atoms with E-state index in [1.807, 2.05) is 12.1 Å². The number of aldehydes is 1. The number of rotatable bonds is 5. The molecular weight excluding hydrogens is 300 g/mol. The van der Waals surface area contributed by atoms with Gasteiger partial charge in [-0.15, -0.1) is 0 Å². The maximum atomic E-state index is 11.2. The number of hydrogen-bond acceptors (Lipinski definition) is 3. The number of carbonyl (C=O) groups excluding carboxylic acids is 1. The molecule has 2 unspecified atom stereocenters. The lowest BCUT2D eigenvalue weighted by Gasteiger charge is -2.46. The Labute approximate surface area is 144 Å². The SMILES string of the molecule is CCCCCc1cc(O)c2c(c1)OC(C)(C)C1CCC(C=O)=CC21. The molecule has 3 rings (SSSR count). The topological polar surface area (TPSA) is 46.5 Å². The normalized spacial score (nSPS) is 24.4. The van der Waals surface area contributed by atoms with Crippen LogP contribution in [-0.2, 0) is 11.2 Å². The average Bonchev–Trinajstić information content (AvgIpc) is 2.53. The number of aryl methyl sites for hydroxylation is 1. The molecule has 0 radical (unpaired) electrons. The molecule has 0 fully saturated rings. The van der Waals surface area contributed by atoms with Gasteiger partial charge in [0.25, 0.3) is 0 Å². The Morgan fingerprint density at radius 1 is 1.33 bits per heavy atom. The largest absolute Gasteiger partial charge is 0.507 e. The molecule has 1 N–H and O–H groups in total. The summed E-state index contributed by atoms with van der Waals surface area (Å²) in [7, 11) is 0. The molecule has 1 aliphatic heterocycles. The highest BCUT2D eigenvalue weighted by Gasteiger charge is 2.45. The van der Waals surface area contributed by atoms with Crippen LogP contribution in [0, 0.1) is 5.92 Å². The Kier molecular flexibility index (Phi) is 4.71. The highest BCUT2D eigenvalue weighted by molar-refractivity contribution is 5.74. The van der Waals surface area contributed by atoms with Gasteiger partial charge in [-0.2, -0.15) is 0 Å². The van der Waals surface area contributed by atoms with Crippen molar-refractivity contribution in [3.8, 4) is 11.5 Å². The zero-order valence-electron chi connectivity index (χ0n) is 15.0. The fourth-order valence-electron chi connectivity index (χ4n) is 4.26. The van der Waals surface area contributed by atoms with Crippen LogP contribution in [0.4, 0.5) is 0 Å². The highest BCUT2D eigenvalue weighted by Crippen LogP contribution is 2.53. The molecule has 1 aliphatic carbocycles. The predicted octanol–water partition coefficient (Wildman–Crippen LogP) is 4.91. The Bertz CT molecular complexity index is 657. The summed E-state index contributed by atoms with van der Waals surface area (Å²) in [6, 6.07) is 3.97. The summed E-state index contributed by atoms with van der Waals surface area (Å²) in [5, 5.41) is 10.7. The molecule has 130 valence electrons. The minimum Gasteiger partial charge on any atom is -0.507 e. The van der Waals surface area contributed by atoms with E-state index < -0.39 is 0 Å². The average molecular weight is 328 g/mol. The lowest BCUT2D eigenvalue weighted by molar-refractivity contribution is -0.105. The van der Waals surface area contributed by atoms with Crippen LogP contribution in [0.2, 0.25) is 0 Å². The van der Waals surface area contributed by atoms with Gasteiger partial charge >= 0.3 is 0 Å². The minimum atomic E-state index is -0.295. The summed E-state index contributed by atoms with van der Waals surface area (Å²) in [5.74, 6) is 1.44. The predicted molar refractivity (Wildman–Crippen MR) is 95.7 cm³/mol. The third-order valence-electron chi connectivity index (χ3n) is 5.57. The number of fused-ring (bicyclic) bond motifs is 3. The highest BCUT2D eigenvalue weighted by atomic mass is 16.5. The maximum Gasteiger partial charge on any atom is 0.145 e. The molecule has 1 aromatic carbocycles. The van der Waals surface area contributed by atoms with Gasteiger partial charge in [-0.1, -0.05) is 25.8 Å². The van der Waals surface area contributed by atoms with Crippen molar-refractivity contribution in [3.05, 3.63) is 34.9 Å². The monoisotopic (exact) mass is 328 g/mol. The number of phenolic OH excluding ortho intramolecular Hbond substituents is 1. The Morgan fingerprint density at radius 3 is 2.83 bits per heavy atom. The van der Waals surface area contributed by atoms with Gasteiger partial charge in [-0.25, -0.2) is 0 Å². The molecule has 1 heterocycles. The van der Waals surface area contributed by atoms with Crippen LogP contribution in [0.3, 0.4) is 0 Å². The van der Waals surface area contributed by atoms with E-state index in [0.29, 0.717) is 5.75 Å². The fourth-order valence-corrected chi connectivity index (χ4v) is 4.26. The van der Waals surface area contributed by atoms with Crippen molar-refractivity contribution in [1.29, 1.82) is 0 Å². The molecule has 2 aliphatic rings. The third-order valence-corrected chi connectivity index (χ3v) is 5.57. The van der Waals surface area contributed by atoms with Gasteiger partial charge in [0.05, 0.1) is 0 Å². The maximum absolute atomic E-state index is 11.2. The van der Waals surface area contributed by atoms with Gasteiger partial charge in [-0.05, 0) is 62.8 Å². The van der Waals surface area contributed by atoms with E-state index in [0.717, 1.165) is 54.4 Å². The van der Waals surface area contributed by atoms with E-state index in [-0.39, 0.29) is 17.4 Å². The Morgan fingerprint density at radius 2 is 2.12 bits per heavy atom. The van der Waals surface area contributed by atoms with Crippen molar-refractivity contribution < 1.29 is 14.6 Å². The fraction of sp³-hybridized carbons (Fsp3) is 0.571. The molecule has 0 bridgehead atoms. The number of unbranched alkanes of at least 4 members (excludes halogenated alkanes) is 2. The second-order valence-corrected chi connectivity index (χ2v) is 7.72. The lowest BCUT2D eigenvalue weighted by atomic mass is 9.68. The second kappa shape index (κ2) is 6.62. The number of phenols is 1. The first kappa shape index (κ1) is 17.1. The molecule has 0 spiro atoms. The van der Waals surface area contributed by atoms with Gasteiger partial charge in [0.15, 0.2) is 0 Å². The molecule has 3 heteroatoms. The van der Waals surface area contributed by atoms with E-state index in [2.05, 4.69) is 26.8 Å². The van der Waals surface area contributed by atoms with E-state index >= 15 is 0 Å². The van der Waals surface area contributed by atoms with Crippen LogP contribution in [0.15, 0.2) is 23.8 Å². The van der Waals surface area contributed by atoms with Crippen molar-refractivity contribution in [2.24, 2.45) is 5.92 Å². The zero-order valence-corrected chi connectivity index (χ0v) is 15.0. The minimum absolute atomic E-state index is 0.0578. The van der Waals surface area contributed by atoms with Crippen molar-refractivity contribution in [2.75, 3.05) is 0 Å². The number of ether oxygens (including phenoxy) is 1. The van der Waals surface area contributed by atoms with E-state index in [1.54, 1.807) is 0 Å². The molecule has 3 nitrogen and oxygen atoms in total. The van der Waals surface area contributed by atoms with Crippen molar-refractivity contribution in [2.45, 2.75) is 70.8 Å². The van der Waals surface area contributed by atoms with Crippen molar-refractivity contribution in [3.63, 3.8) is 0 Å². The number of benzene rings is 1. The van der Waals surface area contributed by atoms with Gasteiger partial charge in [0.2, 0.25) is 0 Å². The summed E-state index contributed by atoms with van der Waals surface area (Å²) in [6.07, 6.45) is 9.17. The summed E-state index contributed by atoms with van der Waals surface area (Å²) < 4.78 is 6.31. The summed E-state index contributed by atoms with van der Waals surface area (Å²) >= 11 is 0. The van der Waals surface area contributed by atoms with Crippen LogP contribution in [-0.4, -0.2) is 17.0 Å². The Balaban J connectivity index is 2.00. The van der Waals surface area contributed by atoms with Gasteiger partial charge in [-0.3, -0.25) is 4.79 Å². The quantitative estimate of drug-likeness (QED) is 0.617. The van der Waals surface area contributed by atoms with Gasteiger partial charge in [0, 0.05) is 17.4 Å². The number of hydrogen-bond donors (Lipinski definition) is 1. The molecule has 0 saturated carbocycles. The summed E-state index contributed by atoms with van der Waals surface area (Å²) in [5.41, 5.74) is 2.53. The first-order valence-corrected chi connectivity index (χ1v) is 9.17. The Hall–Kier alpha value is -1.77. The van der Waals surface area contributed by atoms with E-state index in [9.17, 15) is 9.90 Å². The number of carbonyl (C=O) groups is 1. The molecule has 1 aromatic rings. The second-order valence-electron chi connectivity index (χ2n) is 7.72. The molecular formula is C21H28O3. The zero-order chi connectivity index (χ0) is 17.3. The first-order chi connectivity index (χ1) is 11.5. The van der Waals surface area contributed by atoms with Crippen molar-refractivity contribution >= 4 is 6.29 Å². The lowest BCUT2D eigenvalue weighted by Crippen LogP contribution is -2.45. The molecule has 0 saturated heterocycles. The molecule has 0 aromatic heterocycles. The standard InChI is InChI=1S/C21H28O3/c1-4-5-6-7-14-11-18(23)20-16-10-15(13-22)8-9-17(16)21(2,3)24-19(20)12-14/h10-13,16-17,23H,4-9H2,1-3H3. The third kappa shape index (κ3) is 3.09. The van der Waals surface area contributed by atoms with Crippen LogP contribution < -0.4 is 4.74 Å². The van der Waals surface area contributed by atoms with E-state index in [4.69, 9.17) is 4.74 Å². The smallest absolute Gasteiger partial charge is 0.145 e. The van der Waals surface area contributed by atoms with Gasteiger partial charge in [0.1, 0.15) is 23.4 Å². The van der Waals surface area contributed by atoms with Crippen LogP contribution in [0.1, 0.15) is 69.9 Å². The van der Waals surface area contributed by atoms with Crippen molar-refractivity contribution in [1.82, 2.24) is 0 Å². The number of aromatic hydroxyl groups is 1. The molecule has 24 heavy (non-hydrogen) atoms. The van der Waals surface area contributed by atoms with Crippen LogP contribution in [0.25, 0.3) is 0 Å². The van der Waals surface area contributed by atoms with Crippen LogP contribution >= 0.6 is 0 Å². The number of allylic oxidation sites excluding steroid dienone is 2. The van der Waals surface area contributed by atoms with Crippen LogP contribution in [0.5, 0.6) is 11.5 Å². The molecule has 2 atom stereocenters. The van der Waals surface area contributed by atoms with E-state index in [1.165, 1.54) is 12.8 Å². The summed E-state index contributed by atoms with van der Waals surface area (Å²) in [6.45, 7) is 6.43. The first-order valence-electron chi connectivity index (χ1n) is 9.17. The summed E-state index contributed by atoms with van der Waals surface area (Å²) in [4.78, 5) is 11.2.